The number of carbonyl (C=O) groups is 3. The van der Waals surface area contributed by atoms with Gasteiger partial charge >= 0.3 is 5.97 Å². The number of Topliss-reactive ketones (excluding diaryl/α,β-unsaturated/α-hetero) is 1. The van der Waals surface area contributed by atoms with Gasteiger partial charge in [0.1, 0.15) is 5.75 Å². The van der Waals surface area contributed by atoms with Crippen LogP contribution in [0.2, 0.25) is 0 Å². The van der Waals surface area contributed by atoms with E-state index in [2.05, 4.69) is 5.32 Å². The van der Waals surface area contributed by atoms with Crippen LogP contribution in [0.3, 0.4) is 0 Å². The summed E-state index contributed by atoms with van der Waals surface area (Å²) in [6.07, 6.45) is 4.78. The van der Waals surface area contributed by atoms with Gasteiger partial charge in [0, 0.05) is 12.0 Å². The average molecular weight is 424 g/mol. The molecule has 0 radical (unpaired) electrons. The minimum absolute atomic E-state index is 0.0194. The van der Waals surface area contributed by atoms with Crippen LogP contribution < -0.4 is 5.32 Å². The molecule has 6 heteroatoms. The lowest BCUT2D eigenvalue weighted by atomic mass is 9.78. The summed E-state index contributed by atoms with van der Waals surface area (Å²) in [7, 11) is 0. The van der Waals surface area contributed by atoms with Crippen molar-refractivity contribution in [2.45, 2.75) is 51.0 Å². The summed E-state index contributed by atoms with van der Waals surface area (Å²) in [6.45, 7) is 0. The Labute approximate surface area is 182 Å². The topological polar surface area (TPSA) is 104 Å². The third kappa shape index (κ3) is 6.41. The average Bonchev–Trinajstić information content (AvgIpc) is 2.79. The first-order chi connectivity index (χ1) is 14.9. The van der Waals surface area contributed by atoms with Crippen molar-refractivity contribution in [2.75, 3.05) is 0 Å². The molecule has 1 aliphatic rings. The van der Waals surface area contributed by atoms with E-state index in [9.17, 15) is 24.6 Å². The SMILES string of the molecule is O=C(O)C[C@H](C(=O)N[C@@H](Cc1ccc(O)cc1)C(=O)c1ccccc1)C1CCCCC1. The van der Waals surface area contributed by atoms with E-state index in [0.717, 1.165) is 37.7 Å². The van der Waals surface area contributed by atoms with Crippen molar-refractivity contribution in [1.82, 2.24) is 5.32 Å². The number of carboxylic acid groups (broad SMARTS) is 1. The van der Waals surface area contributed by atoms with Crippen molar-refractivity contribution in [3.63, 3.8) is 0 Å². The molecule has 31 heavy (non-hydrogen) atoms. The van der Waals surface area contributed by atoms with Gasteiger partial charge in [-0.05, 0) is 36.5 Å². The maximum Gasteiger partial charge on any atom is 0.304 e. The van der Waals surface area contributed by atoms with Crippen LogP contribution >= 0.6 is 0 Å². The minimum Gasteiger partial charge on any atom is -0.508 e. The molecule has 2 atom stereocenters. The molecule has 0 unspecified atom stereocenters. The fourth-order valence-corrected chi connectivity index (χ4v) is 4.36. The Morgan fingerprint density at radius 2 is 1.58 bits per heavy atom. The molecular formula is C25H29NO5. The van der Waals surface area contributed by atoms with Crippen LogP contribution in [0.15, 0.2) is 54.6 Å². The third-order valence-electron chi connectivity index (χ3n) is 6.02. The van der Waals surface area contributed by atoms with Crippen molar-refractivity contribution < 1.29 is 24.6 Å². The number of carboxylic acids is 1. The van der Waals surface area contributed by atoms with Crippen molar-refractivity contribution in [2.24, 2.45) is 11.8 Å². The van der Waals surface area contributed by atoms with Gasteiger partial charge in [0.25, 0.3) is 0 Å². The number of amides is 1. The third-order valence-corrected chi connectivity index (χ3v) is 6.02. The highest BCUT2D eigenvalue weighted by molar-refractivity contribution is 6.02. The quantitative estimate of drug-likeness (QED) is 0.530. The largest absolute Gasteiger partial charge is 0.508 e. The van der Waals surface area contributed by atoms with E-state index in [-0.39, 0.29) is 36.2 Å². The first kappa shape index (κ1) is 22.5. The second-order valence-corrected chi connectivity index (χ2v) is 8.26. The number of phenolic OH excluding ortho intramolecular Hbond substituents is 1. The normalized spacial score (nSPS) is 16.3. The highest BCUT2D eigenvalue weighted by Crippen LogP contribution is 2.32. The molecule has 0 spiro atoms. The molecule has 0 aromatic heterocycles. The second kappa shape index (κ2) is 10.8. The first-order valence-corrected chi connectivity index (χ1v) is 10.8. The van der Waals surface area contributed by atoms with Gasteiger partial charge in [-0.2, -0.15) is 0 Å². The maximum absolute atomic E-state index is 13.2. The number of ketones is 1. The van der Waals surface area contributed by atoms with Gasteiger partial charge in [-0.3, -0.25) is 14.4 Å². The monoisotopic (exact) mass is 423 g/mol. The maximum atomic E-state index is 13.2. The van der Waals surface area contributed by atoms with Crippen molar-refractivity contribution in [3.8, 4) is 5.75 Å². The number of nitrogens with one attached hydrogen (secondary N) is 1. The number of benzene rings is 2. The lowest BCUT2D eigenvalue weighted by Crippen LogP contribution is -2.47. The molecule has 3 rings (SSSR count). The smallest absolute Gasteiger partial charge is 0.304 e. The molecule has 1 aliphatic carbocycles. The Kier molecular flexibility index (Phi) is 7.82. The zero-order valence-electron chi connectivity index (χ0n) is 17.5. The lowest BCUT2D eigenvalue weighted by molar-refractivity contribution is -0.142. The Hall–Kier alpha value is -3.15. The van der Waals surface area contributed by atoms with Gasteiger partial charge in [-0.25, -0.2) is 0 Å². The summed E-state index contributed by atoms with van der Waals surface area (Å²) in [4.78, 5) is 37.8. The van der Waals surface area contributed by atoms with Crippen molar-refractivity contribution in [3.05, 3.63) is 65.7 Å². The van der Waals surface area contributed by atoms with E-state index in [1.807, 2.05) is 6.07 Å². The molecule has 2 aromatic rings. The molecule has 3 N–H and O–H groups in total. The van der Waals surface area contributed by atoms with E-state index < -0.39 is 17.9 Å². The molecular weight excluding hydrogens is 394 g/mol. The van der Waals surface area contributed by atoms with Crippen LogP contribution in [0.4, 0.5) is 0 Å². The molecule has 1 fully saturated rings. The molecule has 164 valence electrons. The first-order valence-electron chi connectivity index (χ1n) is 10.8. The molecule has 6 nitrogen and oxygen atoms in total. The molecule has 2 aromatic carbocycles. The van der Waals surface area contributed by atoms with E-state index in [0.29, 0.717) is 5.56 Å². The molecule has 1 saturated carbocycles. The van der Waals surface area contributed by atoms with E-state index in [1.54, 1.807) is 36.4 Å². The standard InChI is InChI=1S/C25H29NO5/c27-20-13-11-17(12-14-20)15-22(24(30)19-9-5-2-6-10-19)26-25(31)21(16-23(28)29)18-7-3-1-4-8-18/h2,5-6,9-14,18,21-22,27H,1,3-4,7-8,15-16H2,(H,26,31)(H,28,29)/t21-,22-/m0/s1. The van der Waals surface area contributed by atoms with Crippen molar-refractivity contribution >= 4 is 17.7 Å². The number of rotatable bonds is 9. The summed E-state index contributed by atoms with van der Waals surface area (Å²) in [5, 5.41) is 21.8. The van der Waals surface area contributed by atoms with Gasteiger partial charge in [0.05, 0.1) is 18.4 Å². The molecule has 0 saturated heterocycles. The van der Waals surface area contributed by atoms with Gasteiger partial charge in [-0.15, -0.1) is 0 Å². The highest BCUT2D eigenvalue weighted by atomic mass is 16.4. The van der Waals surface area contributed by atoms with Crippen LogP contribution in [-0.4, -0.2) is 33.9 Å². The highest BCUT2D eigenvalue weighted by Gasteiger charge is 2.34. The summed E-state index contributed by atoms with van der Waals surface area (Å²) < 4.78 is 0. The molecule has 0 aliphatic heterocycles. The van der Waals surface area contributed by atoms with Crippen LogP contribution in [0.25, 0.3) is 0 Å². The Bertz CT molecular complexity index is 888. The molecule has 0 bridgehead atoms. The van der Waals surface area contributed by atoms with E-state index >= 15 is 0 Å². The number of hydrogen-bond acceptors (Lipinski definition) is 4. The number of aliphatic carboxylic acids is 1. The summed E-state index contributed by atoms with van der Waals surface area (Å²) >= 11 is 0. The van der Waals surface area contributed by atoms with Gasteiger partial charge in [-0.1, -0.05) is 61.7 Å². The summed E-state index contributed by atoms with van der Waals surface area (Å²) in [5.41, 5.74) is 1.28. The fourth-order valence-electron chi connectivity index (χ4n) is 4.36. The van der Waals surface area contributed by atoms with Gasteiger partial charge < -0.3 is 15.5 Å². The number of phenols is 1. The van der Waals surface area contributed by atoms with E-state index in [1.165, 1.54) is 12.1 Å². The fraction of sp³-hybridized carbons (Fsp3) is 0.400. The summed E-state index contributed by atoms with van der Waals surface area (Å²) in [6, 6.07) is 14.4. The number of carbonyl (C=O) groups excluding carboxylic acids is 2. The number of hydrogen-bond donors (Lipinski definition) is 3. The van der Waals surface area contributed by atoms with E-state index in [4.69, 9.17) is 0 Å². The van der Waals surface area contributed by atoms with Crippen LogP contribution in [0, 0.1) is 11.8 Å². The van der Waals surface area contributed by atoms with Crippen LogP contribution in [0.1, 0.15) is 54.4 Å². The number of aromatic hydroxyl groups is 1. The Morgan fingerprint density at radius 1 is 0.935 bits per heavy atom. The predicted octanol–water partition coefficient (Wildman–Crippen LogP) is 3.97. The Morgan fingerprint density at radius 3 is 2.19 bits per heavy atom. The Balaban J connectivity index is 1.82. The molecule has 1 amide bonds. The second-order valence-electron chi connectivity index (χ2n) is 8.26. The zero-order valence-corrected chi connectivity index (χ0v) is 17.5. The van der Waals surface area contributed by atoms with Crippen LogP contribution in [0.5, 0.6) is 5.75 Å². The van der Waals surface area contributed by atoms with Gasteiger partial charge in [0.15, 0.2) is 5.78 Å². The lowest BCUT2D eigenvalue weighted by Gasteiger charge is -2.30. The minimum atomic E-state index is -1.00. The summed E-state index contributed by atoms with van der Waals surface area (Å²) in [5.74, 6) is -2.11. The zero-order chi connectivity index (χ0) is 22.2. The van der Waals surface area contributed by atoms with Gasteiger partial charge in [0.2, 0.25) is 5.91 Å². The predicted molar refractivity (Wildman–Crippen MR) is 117 cm³/mol. The van der Waals surface area contributed by atoms with Crippen LogP contribution in [-0.2, 0) is 16.0 Å². The van der Waals surface area contributed by atoms with Crippen molar-refractivity contribution in [1.29, 1.82) is 0 Å². The molecule has 0 heterocycles.